The molecule has 1 amide bonds. The van der Waals surface area contributed by atoms with Gasteiger partial charge in [0.25, 0.3) is 0 Å². The predicted octanol–water partition coefficient (Wildman–Crippen LogP) is 2.13. The predicted molar refractivity (Wildman–Crippen MR) is 62.7 cm³/mol. The fraction of sp³-hybridized carbons (Fsp3) is 0.750. The second-order valence-corrected chi connectivity index (χ2v) is 3.78. The SMILES string of the molecule is CCCOC/C=C/CCNC(=O)C(C)C. The number of carbonyl (C=O) groups excluding carboxylic acids is 1. The standard InChI is InChI=1S/C12H23NO2/c1-4-9-15-10-7-5-6-8-13-12(14)11(2)3/h5,7,11H,4,6,8-10H2,1-3H3,(H,13,14)/b7-5+. The van der Waals surface area contributed by atoms with Crippen LogP contribution in [0.1, 0.15) is 33.6 Å². The zero-order valence-electron chi connectivity index (χ0n) is 10.1. The van der Waals surface area contributed by atoms with Crippen LogP contribution in [-0.4, -0.2) is 25.7 Å². The van der Waals surface area contributed by atoms with Gasteiger partial charge in [-0.2, -0.15) is 0 Å². The molecule has 0 aliphatic heterocycles. The van der Waals surface area contributed by atoms with Gasteiger partial charge in [-0.3, -0.25) is 4.79 Å². The highest BCUT2D eigenvalue weighted by atomic mass is 16.5. The summed E-state index contributed by atoms with van der Waals surface area (Å²) >= 11 is 0. The van der Waals surface area contributed by atoms with Crippen LogP contribution in [0, 0.1) is 5.92 Å². The molecular weight excluding hydrogens is 190 g/mol. The van der Waals surface area contributed by atoms with Gasteiger partial charge in [-0.1, -0.05) is 32.9 Å². The first-order chi connectivity index (χ1) is 7.18. The summed E-state index contributed by atoms with van der Waals surface area (Å²) < 4.78 is 5.27. The van der Waals surface area contributed by atoms with Gasteiger partial charge in [0.1, 0.15) is 0 Å². The summed E-state index contributed by atoms with van der Waals surface area (Å²) in [6.07, 6.45) is 5.96. The molecule has 1 N–H and O–H groups in total. The van der Waals surface area contributed by atoms with E-state index in [0.29, 0.717) is 13.2 Å². The minimum absolute atomic E-state index is 0.0712. The van der Waals surface area contributed by atoms with Gasteiger partial charge in [-0.05, 0) is 12.8 Å². The smallest absolute Gasteiger partial charge is 0.222 e. The van der Waals surface area contributed by atoms with Crippen LogP contribution < -0.4 is 5.32 Å². The molecule has 3 heteroatoms. The summed E-state index contributed by atoms with van der Waals surface area (Å²) in [6.45, 7) is 8.07. The lowest BCUT2D eigenvalue weighted by Gasteiger charge is -2.05. The molecule has 0 unspecified atom stereocenters. The lowest BCUT2D eigenvalue weighted by molar-refractivity contribution is -0.123. The second-order valence-electron chi connectivity index (χ2n) is 3.78. The van der Waals surface area contributed by atoms with Gasteiger partial charge in [-0.15, -0.1) is 0 Å². The van der Waals surface area contributed by atoms with Crippen molar-refractivity contribution < 1.29 is 9.53 Å². The number of hydrogen-bond donors (Lipinski definition) is 1. The molecule has 0 spiro atoms. The maximum Gasteiger partial charge on any atom is 0.222 e. The van der Waals surface area contributed by atoms with Crippen LogP contribution in [0.3, 0.4) is 0 Å². The van der Waals surface area contributed by atoms with Crippen molar-refractivity contribution in [2.24, 2.45) is 5.92 Å². The summed E-state index contributed by atoms with van der Waals surface area (Å²) in [7, 11) is 0. The Balaban J connectivity index is 3.27. The third-order valence-corrected chi connectivity index (χ3v) is 1.86. The minimum Gasteiger partial charge on any atom is -0.377 e. The van der Waals surface area contributed by atoms with E-state index in [1.54, 1.807) is 0 Å². The number of nitrogens with one attached hydrogen (secondary N) is 1. The fourth-order valence-electron chi connectivity index (χ4n) is 0.964. The van der Waals surface area contributed by atoms with Crippen molar-refractivity contribution in [1.82, 2.24) is 5.32 Å². The average Bonchev–Trinajstić information content (AvgIpc) is 2.21. The highest BCUT2D eigenvalue weighted by Gasteiger charge is 2.03. The van der Waals surface area contributed by atoms with E-state index in [-0.39, 0.29) is 11.8 Å². The Kier molecular flexibility index (Phi) is 9.18. The van der Waals surface area contributed by atoms with Crippen molar-refractivity contribution >= 4 is 5.91 Å². The Bertz CT molecular complexity index is 188. The average molecular weight is 213 g/mol. The summed E-state index contributed by atoms with van der Waals surface area (Å²) in [5.74, 6) is 0.188. The topological polar surface area (TPSA) is 38.3 Å². The monoisotopic (exact) mass is 213 g/mol. The zero-order valence-corrected chi connectivity index (χ0v) is 10.1. The Morgan fingerprint density at radius 1 is 1.40 bits per heavy atom. The molecule has 0 saturated heterocycles. The van der Waals surface area contributed by atoms with E-state index in [1.165, 1.54) is 0 Å². The Labute approximate surface area is 92.9 Å². The van der Waals surface area contributed by atoms with Gasteiger partial charge in [0, 0.05) is 19.1 Å². The van der Waals surface area contributed by atoms with Crippen molar-refractivity contribution in [2.75, 3.05) is 19.8 Å². The van der Waals surface area contributed by atoms with E-state index < -0.39 is 0 Å². The maximum absolute atomic E-state index is 11.2. The van der Waals surface area contributed by atoms with Crippen LogP contribution in [0.2, 0.25) is 0 Å². The highest BCUT2D eigenvalue weighted by Crippen LogP contribution is 1.91. The van der Waals surface area contributed by atoms with Crippen molar-refractivity contribution in [3.8, 4) is 0 Å². The van der Waals surface area contributed by atoms with Gasteiger partial charge in [-0.25, -0.2) is 0 Å². The molecule has 0 fully saturated rings. The summed E-state index contributed by atoms with van der Waals surface area (Å²) in [4.78, 5) is 11.2. The van der Waals surface area contributed by atoms with Gasteiger partial charge < -0.3 is 10.1 Å². The van der Waals surface area contributed by atoms with Crippen LogP contribution in [0.4, 0.5) is 0 Å². The number of rotatable bonds is 8. The molecule has 0 heterocycles. The van der Waals surface area contributed by atoms with Crippen LogP contribution in [0.25, 0.3) is 0 Å². The number of ether oxygens (including phenoxy) is 1. The normalized spacial score (nSPS) is 11.2. The molecule has 0 aliphatic rings. The Hall–Kier alpha value is -0.830. The number of hydrogen-bond acceptors (Lipinski definition) is 2. The second kappa shape index (κ2) is 9.71. The molecule has 3 nitrogen and oxygen atoms in total. The van der Waals surface area contributed by atoms with Crippen molar-refractivity contribution in [3.63, 3.8) is 0 Å². The lowest BCUT2D eigenvalue weighted by atomic mass is 10.2. The number of carbonyl (C=O) groups is 1. The first kappa shape index (κ1) is 14.2. The van der Waals surface area contributed by atoms with Gasteiger partial charge in [0.05, 0.1) is 6.61 Å². The Morgan fingerprint density at radius 3 is 2.73 bits per heavy atom. The van der Waals surface area contributed by atoms with Crippen molar-refractivity contribution in [3.05, 3.63) is 12.2 Å². The molecule has 0 aromatic heterocycles. The molecule has 88 valence electrons. The molecule has 0 aromatic rings. The largest absolute Gasteiger partial charge is 0.377 e. The van der Waals surface area contributed by atoms with Crippen LogP contribution in [0.5, 0.6) is 0 Å². The summed E-state index contributed by atoms with van der Waals surface area (Å²) in [5.41, 5.74) is 0. The highest BCUT2D eigenvalue weighted by molar-refractivity contribution is 5.77. The van der Waals surface area contributed by atoms with Crippen LogP contribution in [0.15, 0.2) is 12.2 Å². The van der Waals surface area contributed by atoms with Crippen LogP contribution in [-0.2, 0) is 9.53 Å². The first-order valence-electron chi connectivity index (χ1n) is 5.69. The minimum atomic E-state index is 0.0712. The van der Waals surface area contributed by atoms with Gasteiger partial charge in [0.15, 0.2) is 0 Å². The third kappa shape index (κ3) is 9.47. The summed E-state index contributed by atoms with van der Waals surface area (Å²) in [6, 6.07) is 0. The Morgan fingerprint density at radius 2 is 2.13 bits per heavy atom. The van der Waals surface area contributed by atoms with Gasteiger partial charge >= 0.3 is 0 Å². The fourth-order valence-corrected chi connectivity index (χ4v) is 0.964. The van der Waals surface area contributed by atoms with E-state index in [0.717, 1.165) is 19.4 Å². The van der Waals surface area contributed by atoms with Crippen molar-refractivity contribution in [2.45, 2.75) is 33.6 Å². The molecule has 0 atom stereocenters. The van der Waals surface area contributed by atoms with Crippen molar-refractivity contribution in [1.29, 1.82) is 0 Å². The molecule has 0 aromatic carbocycles. The van der Waals surface area contributed by atoms with E-state index in [4.69, 9.17) is 4.74 Å². The lowest BCUT2D eigenvalue weighted by Crippen LogP contribution is -2.28. The molecule has 15 heavy (non-hydrogen) atoms. The quantitative estimate of drug-likeness (QED) is 0.495. The number of amides is 1. The summed E-state index contributed by atoms with van der Waals surface area (Å²) in [5, 5.41) is 2.85. The maximum atomic E-state index is 11.2. The van der Waals surface area contributed by atoms with E-state index in [9.17, 15) is 4.79 Å². The molecular formula is C12H23NO2. The zero-order chi connectivity index (χ0) is 11.5. The van der Waals surface area contributed by atoms with Crippen LogP contribution >= 0.6 is 0 Å². The van der Waals surface area contributed by atoms with E-state index in [2.05, 4.69) is 12.2 Å². The molecule has 0 radical (unpaired) electrons. The van der Waals surface area contributed by atoms with E-state index >= 15 is 0 Å². The van der Waals surface area contributed by atoms with E-state index in [1.807, 2.05) is 26.0 Å². The molecule has 0 aliphatic carbocycles. The first-order valence-corrected chi connectivity index (χ1v) is 5.69. The molecule has 0 saturated carbocycles. The van der Waals surface area contributed by atoms with Gasteiger partial charge in [0.2, 0.25) is 5.91 Å². The third-order valence-electron chi connectivity index (χ3n) is 1.86. The molecule has 0 bridgehead atoms. The molecule has 0 rings (SSSR count).